The Bertz CT molecular complexity index is 468. The van der Waals surface area contributed by atoms with Crippen LogP contribution in [0.2, 0.25) is 6.32 Å². The fourth-order valence-electron chi connectivity index (χ4n) is 4.39. The highest BCUT2D eigenvalue weighted by atomic mass is 16.7. The molecule has 0 bridgehead atoms. The lowest BCUT2D eigenvalue weighted by molar-refractivity contribution is -0.147. The SMILES string of the molecule is CC1(C)OB(CCC[C@@]23CCN[C@]2(C(=O)O)CNC3)OC1(C)C. The molecule has 0 saturated carbocycles. The highest BCUT2D eigenvalue weighted by Gasteiger charge is 2.62. The molecular weight excluding hydrogens is 295 g/mol. The molecule has 3 aliphatic heterocycles. The number of carboxylic acid groups (broad SMARTS) is 1. The van der Waals surface area contributed by atoms with Crippen LogP contribution in [0.1, 0.15) is 47.0 Å². The van der Waals surface area contributed by atoms with Crippen LogP contribution in [0.15, 0.2) is 0 Å². The van der Waals surface area contributed by atoms with Crippen molar-refractivity contribution < 1.29 is 19.2 Å². The Hall–Kier alpha value is -0.625. The summed E-state index contributed by atoms with van der Waals surface area (Å²) in [5.74, 6) is -0.726. The number of hydrogen-bond acceptors (Lipinski definition) is 5. The van der Waals surface area contributed by atoms with Gasteiger partial charge in [-0.05, 0) is 53.4 Å². The summed E-state index contributed by atoms with van der Waals surface area (Å²) in [6.07, 6.45) is 3.51. The van der Waals surface area contributed by atoms with E-state index in [4.69, 9.17) is 9.31 Å². The van der Waals surface area contributed by atoms with Crippen molar-refractivity contribution in [1.82, 2.24) is 10.6 Å². The summed E-state index contributed by atoms with van der Waals surface area (Å²) < 4.78 is 12.1. The largest absolute Gasteiger partial charge is 0.480 e. The van der Waals surface area contributed by atoms with Gasteiger partial charge in [-0.2, -0.15) is 0 Å². The molecule has 0 spiro atoms. The van der Waals surface area contributed by atoms with Crippen LogP contribution in [0, 0.1) is 5.41 Å². The number of carboxylic acids is 1. The molecule has 0 aliphatic carbocycles. The molecule has 0 aromatic carbocycles. The number of hydrogen-bond donors (Lipinski definition) is 3. The number of aliphatic carboxylic acids is 1. The molecule has 3 heterocycles. The maximum atomic E-state index is 11.8. The maximum absolute atomic E-state index is 11.8. The van der Waals surface area contributed by atoms with Crippen molar-refractivity contribution in [3.05, 3.63) is 0 Å². The van der Waals surface area contributed by atoms with Crippen molar-refractivity contribution in [3.63, 3.8) is 0 Å². The van der Waals surface area contributed by atoms with Crippen LogP contribution in [0.3, 0.4) is 0 Å². The summed E-state index contributed by atoms with van der Waals surface area (Å²) in [5, 5.41) is 16.3. The molecular formula is C16H29BN2O4. The zero-order valence-electron chi connectivity index (χ0n) is 14.7. The summed E-state index contributed by atoms with van der Waals surface area (Å²) >= 11 is 0. The van der Waals surface area contributed by atoms with E-state index in [1.165, 1.54) is 0 Å². The van der Waals surface area contributed by atoms with Gasteiger partial charge in [-0.25, -0.2) is 0 Å². The normalized spacial score (nSPS) is 38.0. The fourth-order valence-corrected chi connectivity index (χ4v) is 4.39. The molecule has 0 amide bonds. The Morgan fingerprint density at radius 3 is 2.43 bits per heavy atom. The van der Waals surface area contributed by atoms with E-state index in [1.807, 2.05) is 0 Å². The molecule has 0 aromatic heterocycles. The molecule has 23 heavy (non-hydrogen) atoms. The van der Waals surface area contributed by atoms with Gasteiger partial charge in [0, 0.05) is 18.5 Å². The predicted molar refractivity (Wildman–Crippen MR) is 88.4 cm³/mol. The fraction of sp³-hybridized carbons (Fsp3) is 0.938. The molecule has 3 rings (SSSR count). The van der Waals surface area contributed by atoms with Crippen LogP contribution in [0.5, 0.6) is 0 Å². The van der Waals surface area contributed by atoms with Gasteiger partial charge in [0.25, 0.3) is 0 Å². The molecule has 3 saturated heterocycles. The van der Waals surface area contributed by atoms with Gasteiger partial charge >= 0.3 is 13.1 Å². The minimum Gasteiger partial charge on any atom is -0.480 e. The Morgan fingerprint density at radius 1 is 1.17 bits per heavy atom. The lowest BCUT2D eigenvalue weighted by Gasteiger charge is -2.36. The summed E-state index contributed by atoms with van der Waals surface area (Å²) in [5.41, 5.74) is -1.60. The number of fused-ring (bicyclic) bond motifs is 1. The van der Waals surface area contributed by atoms with Crippen LogP contribution in [-0.2, 0) is 14.1 Å². The Morgan fingerprint density at radius 2 is 1.83 bits per heavy atom. The Balaban J connectivity index is 1.60. The zero-order chi connectivity index (χ0) is 16.9. The molecule has 6 nitrogen and oxygen atoms in total. The molecule has 130 valence electrons. The second-order valence-corrected chi connectivity index (χ2v) is 8.35. The van der Waals surface area contributed by atoms with E-state index < -0.39 is 11.5 Å². The first-order valence-corrected chi connectivity index (χ1v) is 8.69. The Labute approximate surface area is 138 Å². The van der Waals surface area contributed by atoms with Crippen molar-refractivity contribution in [2.75, 3.05) is 19.6 Å². The summed E-state index contributed by atoms with van der Waals surface area (Å²) in [7, 11) is -0.195. The quantitative estimate of drug-likeness (QED) is 0.661. The van der Waals surface area contributed by atoms with Gasteiger partial charge in [-0.15, -0.1) is 0 Å². The zero-order valence-corrected chi connectivity index (χ0v) is 14.7. The third-order valence-electron chi connectivity index (χ3n) is 6.55. The van der Waals surface area contributed by atoms with E-state index >= 15 is 0 Å². The lowest BCUT2D eigenvalue weighted by Crippen LogP contribution is -2.58. The monoisotopic (exact) mass is 324 g/mol. The van der Waals surface area contributed by atoms with Crippen LogP contribution in [0.4, 0.5) is 0 Å². The molecule has 2 atom stereocenters. The lowest BCUT2D eigenvalue weighted by atomic mass is 9.68. The number of nitrogens with one attached hydrogen (secondary N) is 2. The van der Waals surface area contributed by atoms with Gasteiger partial charge in [0.1, 0.15) is 5.54 Å². The molecule has 3 fully saturated rings. The third-order valence-corrected chi connectivity index (χ3v) is 6.55. The number of rotatable bonds is 5. The smallest absolute Gasteiger partial charge is 0.457 e. The van der Waals surface area contributed by atoms with Crippen molar-refractivity contribution in [2.45, 2.75) is 70.0 Å². The van der Waals surface area contributed by atoms with Gasteiger partial charge in [0.2, 0.25) is 0 Å². The van der Waals surface area contributed by atoms with E-state index in [-0.39, 0.29) is 23.7 Å². The number of carbonyl (C=O) groups is 1. The molecule has 3 N–H and O–H groups in total. The van der Waals surface area contributed by atoms with E-state index in [1.54, 1.807) is 0 Å². The molecule has 3 aliphatic rings. The highest BCUT2D eigenvalue weighted by Crippen LogP contribution is 2.47. The summed E-state index contributed by atoms with van der Waals surface area (Å²) in [4.78, 5) is 11.8. The first kappa shape index (κ1) is 17.2. The second kappa shape index (κ2) is 5.44. The minimum absolute atomic E-state index is 0.192. The third kappa shape index (κ3) is 2.52. The summed E-state index contributed by atoms with van der Waals surface area (Å²) in [6.45, 7) is 10.3. The van der Waals surface area contributed by atoms with E-state index in [9.17, 15) is 9.90 Å². The van der Waals surface area contributed by atoms with Crippen LogP contribution >= 0.6 is 0 Å². The first-order valence-electron chi connectivity index (χ1n) is 8.69. The molecule has 0 aromatic rings. The van der Waals surface area contributed by atoms with Crippen molar-refractivity contribution >= 4 is 13.1 Å². The van der Waals surface area contributed by atoms with Gasteiger partial charge in [0.05, 0.1) is 11.2 Å². The van der Waals surface area contributed by atoms with Crippen LogP contribution < -0.4 is 10.6 Å². The first-order chi connectivity index (χ1) is 10.6. The van der Waals surface area contributed by atoms with Crippen LogP contribution in [-0.4, -0.2) is 54.6 Å². The highest BCUT2D eigenvalue weighted by molar-refractivity contribution is 6.45. The van der Waals surface area contributed by atoms with Gasteiger partial charge in [-0.3, -0.25) is 4.79 Å². The summed E-state index contributed by atoms with van der Waals surface area (Å²) in [6, 6.07) is 0. The van der Waals surface area contributed by atoms with Crippen molar-refractivity contribution in [2.24, 2.45) is 5.41 Å². The minimum atomic E-state index is -0.803. The molecule has 0 radical (unpaired) electrons. The molecule has 0 unspecified atom stereocenters. The van der Waals surface area contributed by atoms with Gasteiger partial charge in [-0.1, -0.05) is 6.42 Å². The average Bonchev–Trinajstić information content (AvgIpc) is 2.98. The van der Waals surface area contributed by atoms with Crippen molar-refractivity contribution in [1.29, 1.82) is 0 Å². The maximum Gasteiger partial charge on any atom is 0.457 e. The van der Waals surface area contributed by atoms with E-state index in [0.717, 1.165) is 38.7 Å². The van der Waals surface area contributed by atoms with Crippen LogP contribution in [0.25, 0.3) is 0 Å². The standard InChI is InChI=1S/C16H29BN2O4/c1-13(2)14(3,4)23-17(22-13)8-5-6-15-7-9-19-16(15,12(20)21)11-18-10-15/h18-19H,5-11H2,1-4H3,(H,20,21)/t15-,16-/m0/s1. The van der Waals surface area contributed by atoms with E-state index in [2.05, 4.69) is 38.3 Å². The molecule has 7 heteroatoms. The van der Waals surface area contributed by atoms with Gasteiger partial charge in [0.15, 0.2) is 0 Å². The van der Waals surface area contributed by atoms with Gasteiger partial charge < -0.3 is 25.0 Å². The topological polar surface area (TPSA) is 79.8 Å². The Kier molecular flexibility index (Phi) is 4.07. The second-order valence-electron chi connectivity index (χ2n) is 8.35. The predicted octanol–water partition coefficient (Wildman–Crippen LogP) is 1.27. The average molecular weight is 324 g/mol. The van der Waals surface area contributed by atoms with E-state index in [0.29, 0.717) is 6.54 Å². The van der Waals surface area contributed by atoms with Crippen molar-refractivity contribution in [3.8, 4) is 0 Å².